The summed E-state index contributed by atoms with van der Waals surface area (Å²) in [6, 6.07) is 0. The molecule has 0 aliphatic heterocycles. The highest BCUT2D eigenvalue weighted by atomic mass is 16.6. The summed E-state index contributed by atoms with van der Waals surface area (Å²) in [7, 11) is 0. The van der Waals surface area contributed by atoms with E-state index in [1.54, 1.807) is 0 Å². The van der Waals surface area contributed by atoms with Crippen LogP contribution in [0.4, 0.5) is 0 Å². The van der Waals surface area contributed by atoms with Crippen LogP contribution in [0.5, 0.6) is 0 Å². The van der Waals surface area contributed by atoms with E-state index in [1.165, 1.54) is 141 Å². The van der Waals surface area contributed by atoms with E-state index >= 15 is 0 Å². The lowest BCUT2D eigenvalue weighted by atomic mass is 10.0. The lowest BCUT2D eigenvalue weighted by molar-refractivity contribution is -0.154. The molecule has 1 unspecified atom stereocenters. The summed E-state index contributed by atoms with van der Waals surface area (Å²) >= 11 is 0. The number of hydrogen-bond acceptors (Lipinski definition) is 4. The van der Waals surface area contributed by atoms with Gasteiger partial charge in [-0.15, -0.1) is 0 Å². The summed E-state index contributed by atoms with van der Waals surface area (Å²) in [6.07, 6.45) is 60.2. The van der Waals surface area contributed by atoms with Gasteiger partial charge in [-0.05, 0) is 51.4 Å². The maximum Gasteiger partial charge on any atom is 0.306 e. The molecule has 0 rings (SSSR count). The SMILES string of the molecule is CC/C=C\C/C=C\C/C=C\C/C=C\C/C=C\CCCC(=O)OC(CO)COCCCCCCCCCCCCCCCCCCCCCCCCC. The predicted molar refractivity (Wildman–Crippen MR) is 228 cm³/mol. The van der Waals surface area contributed by atoms with Gasteiger partial charge >= 0.3 is 5.97 Å². The van der Waals surface area contributed by atoms with Crippen molar-refractivity contribution in [2.45, 2.75) is 219 Å². The highest BCUT2D eigenvalue weighted by molar-refractivity contribution is 5.69. The van der Waals surface area contributed by atoms with Crippen LogP contribution in [0.1, 0.15) is 213 Å². The van der Waals surface area contributed by atoms with Crippen molar-refractivity contribution in [1.82, 2.24) is 0 Å². The molecule has 302 valence electrons. The minimum absolute atomic E-state index is 0.195. The van der Waals surface area contributed by atoms with Gasteiger partial charge in [-0.25, -0.2) is 0 Å². The maximum atomic E-state index is 12.2. The van der Waals surface area contributed by atoms with Crippen molar-refractivity contribution < 1.29 is 19.4 Å². The standard InChI is InChI=1S/C48H86O4/c1-3-5-7-9-11-13-15-17-19-21-22-23-24-25-26-28-30-32-34-36-38-40-42-44-51-46-47(45-49)52-48(50)43-41-39-37-35-33-31-29-27-20-18-16-14-12-10-8-6-4-2/h6,8,12,14,18,20,29,31,35,37,47,49H,3-5,7,9-11,13,15-17,19,21-28,30,32-34,36,38-46H2,1-2H3/b8-6-,14-12-,20-18-,31-29-,37-35-. The summed E-state index contributed by atoms with van der Waals surface area (Å²) in [6.45, 7) is 5.19. The molecule has 0 aliphatic carbocycles. The smallest absolute Gasteiger partial charge is 0.306 e. The van der Waals surface area contributed by atoms with Gasteiger partial charge in [0.15, 0.2) is 0 Å². The van der Waals surface area contributed by atoms with Gasteiger partial charge in [-0.2, -0.15) is 0 Å². The lowest BCUT2D eigenvalue weighted by Crippen LogP contribution is -2.27. The van der Waals surface area contributed by atoms with Crippen LogP contribution in [0.25, 0.3) is 0 Å². The van der Waals surface area contributed by atoms with E-state index in [2.05, 4.69) is 74.6 Å². The fourth-order valence-electron chi connectivity index (χ4n) is 6.31. The third-order valence-electron chi connectivity index (χ3n) is 9.61. The Morgan fingerprint density at radius 3 is 1.23 bits per heavy atom. The van der Waals surface area contributed by atoms with Gasteiger partial charge in [-0.3, -0.25) is 4.79 Å². The number of allylic oxidation sites excluding steroid dienone is 10. The highest BCUT2D eigenvalue weighted by Crippen LogP contribution is 2.15. The molecule has 0 fully saturated rings. The highest BCUT2D eigenvalue weighted by Gasteiger charge is 2.13. The van der Waals surface area contributed by atoms with Crippen LogP contribution in [-0.2, 0) is 14.3 Å². The fraction of sp³-hybridized carbons (Fsp3) is 0.771. The van der Waals surface area contributed by atoms with Crippen LogP contribution in [0.2, 0.25) is 0 Å². The number of carbonyl (C=O) groups excluding carboxylic acids is 1. The van der Waals surface area contributed by atoms with Gasteiger partial charge in [0.1, 0.15) is 6.10 Å². The van der Waals surface area contributed by atoms with Gasteiger partial charge < -0.3 is 14.6 Å². The second-order valence-corrected chi connectivity index (χ2v) is 14.7. The van der Waals surface area contributed by atoms with Crippen molar-refractivity contribution in [3.05, 3.63) is 60.8 Å². The predicted octanol–water partition coefficient (Wildman–Crippen LogP) is 14.8. The lowest BCUT2D eigenvalue weighted by Gasteiger charge is -2.15. The summed E-state index contributed by atoms with van der Waals surface area (Å²) in [5, 5.41) is 9.60. The first kappa shape index (κ1) is 50.1. The number of ether oxygens (including phenoxy) is 2. The van der Waals surface area contributed by atoms with Crippen LogP contribution in [0, 0.1) is 0 Å². The van der Waals surface area contributed by atoms with Crippen molar-refractivity contribution in [3.8, 4) is 0 Å². The summed E-state index contributed by atoms with van der Waals surface area (Å²) in [4.78, 5) is 12.2. The average Bonchev–Trinajstić information content (AvgIpc) is 3.15. The van der Waals surface area contributed by atoms with Crippen LogP contribution in [0.15, 0.2) is 60.8 Å². The summed E-state index contributed by atoms with van der Waals surface area (Å²) in [5.74, 6) is -0.255. The molecule has 0 bridgehead atoms. The molecule has 0 aromatic rings. The molecule has 0 heterocycles. The summed E-state index contributed by atoms with van der Waals surface area (Å²) in [5.41, 5.74) is 0. The van der Waals surface area contributed by atoms with Crippen molar-refractivity contribution in [1.29, 1.82) is 0 Å². The molecule has 0 saturated carbocycles. The van der Waals surface area contributed by atoms with Crippen LogP contribution in [-0.4, -0.2) is 37.0 Å². The van der Waals surface area contributed by atoms with Crippen LogP contribution >= 0.6 is 0 Å². The Bertz CT molecular complexity index is 854. The largest absolute Gasteiger partial charge is 0.457 e. The Hall–Kier alpha value is -1.91. The monoisotopic (exact) mass is 727 g/mol. The number of aliphatic hydroxyl groups is 1. The minimum atomic E-state index is -0.564. The molecule has 1 N–H and O–H groups in total. The van der Waals surface area contributed by atoms with E-state index in [0.29, 0.717) is 13.0 Å². The zero-order valence-corrected chi connectivity index (χ0v) is 34.6. The Morgan fingerprint density at radius 2 is 0.846 bits per heavy atom. The maximum absolute atomic E-state index is 12.2. The number of rotatable bonds is 41. The Balaban J connectivity index is 3.46. The van der Waals surface area contributed by atoms with E-state index in [4.69, 9.17) is 9.47 Å². The zero-order chi connectivity index (χ0) is 37.7. The number of aliphatic hydroxyl groups excluding tert-OH is 1. The van der Waals surface area contributed by atoms with Crippen LogP contribution < -0.4 is 0 Å². The summed E-state index contributed by atoms with van der Waals surface area (Å²) < 4.78 is 11.1. The third kappa shape index (κ3) is 42.5. The Morgan fingerprint density at radius 1 is 0.481 bits per heavy atom. The third-order valence-corrected chi connectivity index (χ3v) is 9.61. The quantitative estimate of drug-likeness (QED) is 0.0387. The first-order chi connectivity index (χ1) is 25.7. The molecule has 0 amide bonds. The number of esters is 1. The van der Waals surface area contributed by atoms with E-state index < -0.39 is 6.10 Å². The molecule has 4 heteroatoms. The number of unbranched alkanes of at least 4 members (excludes halogenated alkanes) is 23. The number of hydrogen-bond donors (Lipinski definition) is 1. The normalized spacial score (nSPS) is 12.9. The van der Waals surface area contributed by atoms with Crippen molar-refractivity contribution in [3.63, 3.8) is 0 Å². The minimum Gasteiger partial charge on any atom is -0.457 e. The second-order valence-electron chi connectivity index (χ2n) is 14.7. The first-order valence-electron chi connectivity index (χ1n) is 22.4. The average molecular weight is 727 g/mol. The van der Waals surface area contributed by atoms with Gasteiger partial charge in [0.05, 0.1) is 13.2 Å². The molecule has 0 radical (unpaired) electrons. The molecule has 1 atom stereocenters. The molecule has 0 saturated heterocycles. The van der Waals surface area contributed by atoms with E-state index in [0.717, 1.165) is 51.4 Å². The molecule has 4 nitrogen and oxygen atoms in total. The van der Waals surface area contributed by atoms with Crippen molar-refractivity contribution >= 4 is 5.97 Å². The van der Waals surface area contributed by atoms with E-state index in [1.807, 2.05) is 0 Å². The van der Waals surface area contributed by atoms with Gasteiger partial charge in [-0.1, -0.05) is 216 Å². The van der Waals surface area contributed by atoms with Crippen molar-refractivity contribution in [2.75, 3.05) is 19.8 Å². The first-order valence-corrected chi connectivity index (χ1v) is 22.4. The van der Waals surface area contributed by atoms with E-state index in [-0.39, 0.29) is 19.2 Å². The van der Waals surface area contributed by atoms with Gasteiger partial charge in [0.2, 0.25) is 0 Å². The zero-order valence-electron chi connectivity index (χ0n) is 34.6. The topological polar surface area (TPSA) is 55.8 Å². The van der Waals surface area contributed by atoms with Crippen molar-refractivity contribution in [2.24, 2.45) is 0 Å². The van der Waals surface area contributed by atoms with E-state index in [9.17, 15) is 9.90 Å². The molecule has 0 aromatic heterocycles. The number of carbonyl (C=O) groups is 1. The second kappa shape index (κ2) is 45.2. The Labute approximate surface area is 324 Å². The molecular weight excluding hydrogens is 641 g/mol. The van der Waals surface area contributed by atoms with Gasteiger partial charge in [0.25, 0.3) is 0 Å². The molecule has 0 aromatic carbocycles. The Kier molecular flexibility index (Phi) is 43.6. The molecular formula is C48H86O4. The molecule has 0 aliphatic rings. The molecule has 0 spiro atoms. The fourth-order valence-corrected chi connectivity index (χ4v) is 6.31. The van der Waals surface area contributed by atoms with Gasteiger partial charge in [0, 0.05) is 13.0 Å². The van der Waals surface area contributed by atoms with Crippen LogP contribution in [0.3, 0.4) is 0 Å². The molecule has 52 heavy (non-hydrogen) atoms.